The monoisotopic (exact) mass is 303 g/mol. The molecule has 118 valence electrons. The van der Waals surface area contributed by atoms with Gasteiger partial charge in [0, 0.05) is 11.8 Å². The SMILES string of the molecule is CC1=CCC(c2ccc3ccccc3c2C=NC(C)(C)C)=C1C. The lowest BCUT2D eigenvalue weighted by atomic mass is 9.92. The van der Waals surface area contributed by atoms with Crippen molar-refractivity contribution < 1.29 is 0 Å². The van der Waals surface area contributed by atoms with Crippen molar-refractivity contribution in [3.05, 3.63) is 64.7 Å². The van der Waals surface area contributed by atoms with Crippen molar-refractivity contribution >= 4 is 22.6 Å². The van der Waals surface area contributed by atoms with E-state index in [1.807, 2.05) is 0 Å². The largest absolute Gasteiger partial charge is 0.287 e. The Labute approximate surface area is 139 Å². The minimum atomic E-state index is -0.0680. The first-order chi connectivity index (χ1) is 10.9. The molecule has 0 bridgehead atoms. The summed E-state index contributed by atoms with van der Waals surface area (Å²) in [7, 11) is 0. The molecule has 0 spiro atoms. The average Bonchev–Trinajstić information content (AvgIpc) is 2.83. The third-order valence-electron chi connectivity index (χ3n) is 4.53. The minimum absolute atomic E-state index is 0.0680. The molecule has 0 radical (unpaired) electrons. The van der Waals surface area contributed by atoms with Crippen molar-refractivity contribution in [1.82, 2.24) is 0 Å². The molecule has 23 heavy (non-hydrogen) atoms. The van der Waals surface area contributed by atoms with Gasteiger partial charge in [0.05, 0.1) is 5.54 Å². The number of allylic oxidation sites excluding steroid dienone is 4. The van der Waals surface area contributed by atoms with Gasteiger partial charge in [-0.3, -0.25) is 4.99 Å². The number of hydrogen-bond acceptors (Lipinski definition) is 1. The van der Waals surface area contributed by atoms with Gasteiger partial charge >= 0.3 is 0 Å². The average molecular weight is 303 g/mol. The van der Waals surface area contributed by atoms with Crippen LogP contribution in [-0.4, -0.2) is 11.8 Å². The summed E-state index contributed by atoms with van der Waals surface area (Å²) in [6.45, 7) is 10.8. The van der Waals surface area contributed by atoms with E-state index in [0.717, 1.165) is 6.42 Å². The van der Waals surface area contributed by atoms with E-state index in [2.05, 4.69) is 83.3 Å². The lowest BCUT2D eigenvalue weighted by molar-refractivity contribution is 0.587. The molecule has 0 saturated carbocycles. The number of aliphatic imine (C=N–C) groups is 1. The van der Waals surface area contributed by atoms with E-state index in [4.69, 9.17) is 4.99 Å². The van der Waals surface area contributed by atoms with Crippen LogP contribution in [0, 0.1) is 0 Å². The lowest BCUT2D eigenvalue weighted by Crippen LogP contribution is -2.10. The summed E-state index contributed by atoms with van der Waals surface area (Å²) in [4.78, 5) is 4.79. The Morgan fingerprint density at radius 1 is 1.00 bits per heavy atom. The fourth-order valence-electron chi connectivity index (χ4n) is 3.07. The van der Waals surface area contributed by atoms with Gasteiger partial charge in [-0.25, -0.2) is 0 Å². The molecule has 2 aromatic carbocycles. The molecule has 1 heteroatoms. The van der Waals surface area contributed by atoms with Crippen molar-refractivity contribution in [1.29, 1.82) is 0 Å². The molecule has 1 nitrogen and oxygen atoms in total. The Morgan fingerprint density at radius 2 is 1.74 bits per heavy atom. The van der Waals surface area contributed by atoms with Crippen LogP contribution >= 0.6 is 0 Å². The van der Waals surface area contributed by atoms with Gasteiger partial charge in [0.1, 0.15) is 0 Å². The third kappa shape index (κ3) is 3.14. The van der Waals surface area contributed by atoms with Gasteiger partial charge in [0.2, 0.25) is 0 Å². The molecule has 0 heterocycles. The van der Waals surface area contributed by atoms with E-state index in [1.54, 1.807) is 0 Å². The summed E-state index contributed by atoms with van der Waals surface area (Å²) in [5.41, 5.74) is 6.74. The molecule has 0 amide bonds. The quantitative estimate of drug-likeness (QED) is 0.587. The Bertz CT molecular complexity index is 842. The van der Waals surface area contributed by atoms with Gasteiger partial charge in [-0.1, -0.05) is 48.0 Å². The molecule has 0 fully saturated rings. The number of hydrogen-bond donors (Lipinski definition) is 0. The summed E-state index contributed by atoms with van der Waals surface area (Å²) in [6.07, 6.45) is 5.42. The van der Waals surface area contributed by atoms with Crippen molar-refractivity contribution in [2.24, 2.45) is 4.99 Å². The molecule has 0 atom stereocenters. The highest BCUT2D eigenvalue weighted by Gasteiger charge is 2.17. The van der Waals surface area contributed by atoms with E-state index >= 15 is 0 Å². The molecule has 0 aliphatic heterocycles. The maximum absolute atomic E-state index is 4.79. The van der Waals surface area contributed by atoms with Crippen molar-refractivity contribution in [3.63, 3.8) is 0 Å². The number of fused-ring (bicyclic) bond motifs is 1. The van der Waals surface area contributed by atoms with E-state index in [-0.39, 0.29) is 5.54 Å². The second kappa shape index (κ2) is 5.81. The molecule has 3 rings (SSSR count). The summed E-state index contributed by atoms with van der Waals surface area (Å²) in [5, 5.41) is 2.55. The van der Waals surface area contributed by atoms with Crippen LogP contribution < -0.4 is 0 Å². The fraction of sp³-hybridized carbons (Fsp3) is 0.318. The highest BCUT2D eigenvalue weighted by Crippen LogP contribution is 2.36. The number of nitrogens with zero attached hydrogens (tertiary/aromatic N) is 1. The van der Waals surface area contributed by atoms with Crippen LogP contribution in [-0.2, 0) is 0 Å². The molecule has 0 N–H and O–H groups in total. The molecular formula is C22H25N. The number of benzene rings is 2. The molecule has 0 saturated heterocycles. The molecule has 2 aromatic rings. The van der Waals surface area contributed by atoms with Crippen LogP contribution in [0.1, 0.15) is 52.2 Å². The van der Waals surface area contributed by atoms with Gasteiger partial charge in [0.15, 0.2) is 0 Å². The zero-order valence-corrected chi connectivity index (χ0v) is 14.8. The van der Waals surface area contributed by atoms with Gasteiger partial charge in [-0.15, -0.1) is 0 Å². The normalized spacial score (nSPS) is 15.8. The summed E-state index contributed by atoms with van der Waals surface area (Å²) in [5.74, 6) is 0. The highest BCUT2D eigenvalue weighted by atomic mass is 14.8. The zero-order valence-electron chi connectivity index (χ0n) is 14.8. The van der Waals surface area contributed by atoms with Crippen LogP contribution in [0.25, 0.3) is 16.3 Å². The lowest BCUT2D eigenvalue weighted by Gasteiger charge is -2.15. The Hall–Kier alpha value is -2.15. The minimum Gasteiger partial charge on any atom is -0.287 e. The predicted octanol–water partition coefficient (Wildman–Crippen LogP) is 6.18. The maximum atomic E-state index is 4.79. The molecule has 0 aromatic heterocycles. The zero-order chi connectivity index (χ0) is 16.6. The first-order valence-electron chi connectivity index (χ1n) is 8.31. The molecular weight excluding hydrogens is 278 g/mol. The van der Waals surface area contributed by atoms with E-state index < -0.39 is 0 Å². The Kier molecular flexibility index (Phi) is 3.97. The van der Waals surface area contributed by atoms with Gasteiger partial charge < -0.3 is 0 Å². The molecule has 0 unspecified atom stereocenters. The maximum Gasteiger partial charge on any atom is 0.0524 e. The van der Waals surface area contributed by atoms with Crippen molar-refractivity contribution in [2.45, 2.75) is 46.6 Å². The first-order valence-corrected chi connectivity index (χ1v) is 8.31. The van der Waals surface area contributed by atoms with Crippen LogP contribution in [0.3, 0.4) is 0 Å². The van der Waals surface area contributed by atoms with E-state index in [9.17, 15) is 0 Å². The number of rotatable bonds is 2. The van der Waals surface area contributed by atoms with Crippen LogP contribution in [0.15, 0.2) is 58.6 Å². The van der Waals surface area contributed by atoms with E-state index in [0.29, 0.717) is 0 Å². The van der Waals surface area contributed by atoms with E-state index in [1.165, 1.54) is 38.6 Å². The topological polar surface area (TPSA) is 12.4 Å². The predicted molar refractivity (Wildman–Crippen MR) is 102 cm³/mol. The van der Waals surface area contributed by atoms with Gasteiger partial charge in [0.25, 0.3) is 0 Å². The third-order valence-corrected chi connectivity index (χ3v) is 4.53. The first kappa shape index (κ1) is 15.7. The van der Waals surface area contributed by atoms with Crippen LogP contribution in [0.5, 0.6) is 0 Å². The Morgan fingerprint density at radius 3 is 2.39 bits per heavy atom. The Balaban J connectivity index is 2.24. The van der Waals surface area contributed by atoms with Crippen molar-refractivity contribution in [3.8, 4) is 0 Å². The summed E-state index contributed by atoms with van der Waals surface area (Å²) in [6, 6.07) is 13.1. The van der Waals surface area contributed by atoms with Gasteiger partial charge in [-0.2, -0.15) is 0 Å². The molecule has 1 aliphatic rings. The fourth-order valence-corrected chi connectivity index (χ4v) is 3.07. The molecule has 1 aliphatic carbocycles. The van der Waals surface area contributed by atoms with Crippen LogP contribution in [0.2, 0.25) is 0 Å². The van der Waals surface area contributed by atoms with Gasteiger partial charge in [-0.05, 0) is 68.5 Å². The standard InChI is InChI=1S/C22H25N/c1-15-10-12-18(16(15)2)20-13-11-17-8-6-7-9-19(17)21(20)14-23-22(3,4)5/h6-11,13-14H,12H2,1-5H3. The highest BCUT2D eigenvalue weighted by molar-refractivity contribution is 6.05. The second-order valence-electron chi connectivity index (χ2n) is 7.37. The second-order valence-corrected chi connectivity index (χ2v) is 7.37. The van der Waals surface area contributed by atoms with Crippen LogP contribution in [0.4, 0.5) is 0 Å². The summed E-state index contributed by atoms with van der Waals surface area (Å²) >= 11 is 0. The van der Waals surface area contributed by atoms with Crippen molar-refractivity contribution in [2.75, 3.05) is 0 Å². The summed E-state index contributed by atoms with van der Waals surface area (Å²) < 4.78 is 0. The smallest absolute Gasteiger partial charge is 0.0524 e.